The zero-order valence-electron chi connectivity index (χ0n) is 11.1. The molecule has 0 unspecified atom stereocenters. The van der Waals surface area contributed by atoms with Crippen LogP contribution in [-0.2, 0) is 13.6 Å². The number of nitrogens with one attached hydrogen (secondary N) is 1. The number of nitrogens with zero attached hydrogens (tertiary/aromatic N) is 2. The first-order valence-electron chi connectivity index (χ1n) is 6.31. The van der Waals surface area contributed by atoms with Crippen LogP contribution in [0.1, 0.15) is 18.9 Å². The van der Waals surface area contributed by atoms with Gasteiger partial charge in [0.25, 0.3) is 0 Å². The number of aromatic nitrogens is 2. The Labute approximate surface area is 111 Å². The molecule has 0 saturated carbocycles. The van der Waals surface area contributed by atoms with Gasteiger partial charge in [-0.2, -0.15) is 5.10 Å². The van der Waals surface area contributed by atoms with Crippen LogP contribution in [-0.4, -0.2) is 16.3 Å². The highest BCUT2D eigenvalue weighted by Gasteiger charge is 2.17. The maximum Gasteiger partial charge on any atom is 0.135 e. The Morgan fingerprint density at radius 3 is 2.58 bits per heavy atom. The highest BCUT2D eigenvalue weighted by atomic mass is 19.1. The molecular weight excluding hydrogens is 248 g/mol. The SMILES string of the molecule is CCCNCc1cn(C)nc1-c1c(F)cccc1F. The van der Waals surface area contributed by atoms with E-state index in [0.29, 0.717) is 12.2 Å². The van der Waals surface area contributed by atoms with Crippen molar-refractivity contribution in [3.05, 3.63) is 41.6 Å². The van der Waals surface area contributed by atoms with E-state index in [2.05, 4.69) is 17.3 Å². The molecule has 0 aliphatic heterocycles. The lowest BCUT2D eigenvalue weighted by molar-refractivity contribution is 0.587. The smallest absolute Gasteiger partial charge is 0.135 e. The van der Waals surface area contributed by atoms with E-state index in [1.165, 1.54) is 18.2 Å². The predicted octanol–water partition coefficient (Wildman–Crippen LogP) is 2.86. The Bertz CT molecular complexity index is 544. The van der Waals surface area contributed by atoms with Crippen LogP contribution in [0.5, 0.6) is 0 Å². The molecule has 0 aliphatic carbocycles. The lowest BCUT2D eigenvalue weighted by Gasteiger charge is -2.06. The van der Waals surface area contributed by atoms with Gasteiger partial charge in [-0.05, 0) is 25.1 Å². The summed E-state index contributed by atoms with van der Waals surface area (Å²) in [6, 6.07) is 3.85. The number of rotatable bonds is 5. The van der Waals surface area contributed by atoms with E-state index >= 15 is 0 Å². The third-order valence-electron chi connectivity index (χ3n) is 2.85. The second kappa shape index (κ2) is 5.93. The molecule has 0 atom stereocenters. The van der Waals surface area contributed by atoms with E-state index in [0.717, 1.165) is 18.5 Å². The summed E-state index contributed by atoms with van der Waals surface area (Å²) in [5.41, 5.74) is 1.10. The average molecular weight is 265 g/mol. The summed E-state index contributed by atoms with van der Waals surface area (Å²) in [6.07, 6.45) is 2.79. The van der Waals surface area contributed by atoms with Gasteiger partial charge in [-0.25, -0.2) is 8.78 Å². The third-order valence-corrected chi connectivity index (χ3v) is 2.85. The summed E-state index contributed by atoms with van der Waals surface area (Å²) in [5, 5.41) is 7.39. The van der Waals surface area contributed by atoms with Crippen LogP contribution < -0.4 is 5.32 Å². The van der Waals surface area contributed by atoms with Gasteiger partial charge >= 0.3 is 0 Å². The first kappa shape index (κ1) is 13.7. The van der Waals surface area contributed by atoms with Crippen molar-refractivity contribution in [2.45, 2.75) is 19.9 Å². The number of hydrogen-bond acceptors (Lipinski definition) is 2. The standard InChI is InChI=1S/C14H17F2N3/c1-3-7-17-8-10-9-19(2)18-14(10)13-11(15)5-4-6-12(13)16/h4-6,9,17H,3,7-8H2,1-2H3. The minimum atomic E-state index is -0.588. The second-order valence-corrected chi connectivity index (χ2v) is 4.45. The highest BCUT2D eigenvalue weighted by molar-refractivity contribution is 5.64. The number of hydrogen-bond donors (Lipinski definition) is 1. The van der Waals surface area contributed by atoms with Crippen molar-refractivity contribution >= 4 is 0 Å². The lowest BCUT2D eigenvalue weighted by atomic mass is 10.1. The van der Waals surface area contributed by atoms with E-state index in [-0.39, 0.29) is 5.56 Å². The third kappa shape index (κ3) is 2.98. The topological polar surface area (TPSA) is 29.9 Å². The molecule has 1 heterocycles. The predicted molar refractivity (Wildman–Crippen MR) is 70.6 cm³/mol. The van der Waals surface area contributed by atoms with Crippen LogP contribution in [0.25, 0.3) is 11.3 Å². The normalized spacial score (nSPS) is 10.9. The monoisotopic (exact) mass is 265 g/mol. The number of halogens is 2. The van der Waals surface area contributed by atoms with E-state index in [9.17, 15) is 8.78 Å². The van der Waals surface area contributed by atoms with E-state index in [4.69, 9.17) is 0 Å². The molecule has 0 radical (unpaired) electrons. The maximum absolute atomic E-state index is 13.8. The van der Waals surface area contributed by atoms with Gasteiger partial charge in [-0.3, -0.25) is 4.68 Å². The molecule has 1 N–H and O–H groups in total. The summed E-state index contributed by atoms with van der Waals surface area (Å²) in [7, 11) is 1.74. The van der Waals surface area contributed by atoms with Crippen molar-refractivity contribution in [3.8, 4) is 11.3 Å². The molecule has 0 bridgehead atoms. The van der Waals surface area contributed by atoms with Crippen LogP contribution >= 0.6 is 0 Å². The quantitative estimate of drug-likeness (QED) is 0.842. The Balaban J connectivity index is 2.38. The molecule has 2 aromatic rings. The summed E-state index contributed by atoms with van der Waals surface area (Å²) in [5.74, 6) is -1.18. The van der Waals surface area contributed by atoms with Gasteiger partial charge in [0, 0.05) is 25.4 Å². The average Bonchev–Trinajstić information content (AvgIpc) is 2.71. The van der Waals surface area contributed by atoms with Crippen molar-refractivity contribution < 1.29 is 8.78 Å². The molecular formula is C14H17F2N3. The Morgan fingerprint density at radius 2 is 1.95 bits per heavy atom. The summed E-state index contributed by atoms with van der Waals surface area (Å²) in [6.45, 7) is 3.46. The fourth-order valence-corrected chi connectivity index (χ4v) is 2.00. The van der Waals surface area contributed by atoms with Gasteiger partial charge in [-0.15, -0.1) is 0 Å². The largest absolute Gasteiger partial charge is 0.313 e. The molecule has 0 aliphatic rings. The van der Waals surface area contributed by atoms with Crippen LogP contribution in [0.15, 0.2) is 24.4 Å². The molecule has 3 nitrogen and oxygen atoms in total. The summed E-state index contributed by atoms with van der Waals surface area (Å²) >= 11 is 0. The molecule has 5 heteroatoms. The fourth-order valence-electron chi connectivity index (χ4n) is 2.00. The zero-order chi connectivity index (χ0) is 13.8. The van der Waals surface area contributed by atoms with Gasteiger partial charge < -0.3 is 5.32 Å². The van der Waals surface area contributed by atoms with Crippen molar-refractivity contribution in [1.82, 2.24) is 15.1 Å². The minimum Gasteiger partial charge on any atom is -0.313 e. The molecule has 0 fully saturated rings. The molecule has 19 heavy (non-hydrogen) atoms. The number of benzene rings is 1. The molecule has 1 aromatic carbocycles. The first-order valence-corrected chi connectivity index (χ1v) is 6.31. The molecule has 2 rings (SSSR count). The minimum absolute atomic E-state index is 0.0589. The van der Waals surface area contributed by atoms with Crippen molar-refractivity contribution in [1.29, 1.82) is 0 Å². The molecule has 0 saturated heterocycles. The van der Waals surface area contributed by atoms with Crippen molar-refractivity contribution in [2.75, 3.05) is 6.54 Å². The van der Waals surface area contributed by atoms with Gasteiger partial charge in [0.2, 0.25) is 0 Å². The van der Waals surface area contributed by atoms with Gasteiger partial charge in [0.05, 0.1) is 5.56 Å². The molecule has 1 aromatic heterocycles. The first-order chi connectivity index (χ1) is 9.13. The van der Waals surface area contributed by atoms with Gasteiger partial charge in [0.1, 0.15) is 17.3 Å². The van der Waals surface area contributed by atoms with Crippen molar-refractivity contribution in [3.63, 3.8) is 0 Å². The zero-order valence-corrected chi connectivity index (χ0v) is 11.1. The maximum atomic E-state index is 13.8. The summed E-state index contributed by atoms with van der Waals surface area (Å²) < 4.78 is 29.2. The Hall–Kier alpha value is -1.75. The van der Waals surface area contributed by atoms with Crippen LogP contribution in [0.3, 0.4) is 0 Å². The second-order valence-electron chi connectivity index (χ2n) is 4.45. The van der Waals surface area contributed by atoms with Gasteiger partial charge in [-0.1, -0.05) is 13.0 Å². The van der Waals surface area contributed by atoms with Gasteiger partial charge in [0.15, 0.2) is 0 Å². The van der Waals surface area contributed by atoms with E-state index < -0.39 is 11.6 Å². The molecule has 0 spiro atoms. The lowest BCUT2D eigenvalue weighted by Crippen LogP contribution is -2.14. The molecule has 102 valence electrons. The highest BCUT2D eigenvalue weighted by Crippen LogP contribution is 2.27. The van der Waals surface area contributed by atoms with Crippen LogP contribution in [0.4, 0.5) is 8.78 Å². The number of aryl methyl sites for hydroxylation is 1. The van der Waals surface area contributed by atoms with E-state index in [1.807, 2.05) is 0 Å². The Kier molecular flexibility index (Phi) is 4.27. The van der Waals surface area contributed by atoms with Crippen molar-refractivity contribution in [2.24, 2.45) is 7.05 Å². The fraction of sp³-hybridized carbons (Fsp3) is 0.357. The summed E-state index contributed by atoms with van der Waals surface area (Å²) in [4.78, 5) is 0. The van der Waals surface area contributed by atoms with Crippen LogP contribution in [0.2, 0.25) is 0 Å². The molecule has 0 amide bonds. The van der Waals surface area contributed by atoms with Crippen LogP contribution in [0, 0.1) is 11.6 Å². The Morgan fingerprint density at radius 1 is 1.26 bits per heavy atom. The van der Waals surface area contributed by atoms with E-state index in [1.54, 1.807) is 17.9 Å².